The number of aromatic nitrogens is 4. The van der Waals surface area contributed by atoms with E-state index in [4.69, 9.17) is 10.7 Å². The van der Waals surface area contributed by atoms with Crippen LogP contribution >= 0.6 is 11.3 Å². The molecule has 3 aromatic heterocycles. The molecule has 2 N–H and O–H groups in total. The molecule has 8 nitrogen and oxygen atoms in total. The number of thiazole rings is 1. The van der Waals surface area contributed by atoms with E-state index in [1.165, 1.54) is 18.1 Å². The molecule has 0 unspecified atom stereocenters. The summed E-state index contributed by atoms with van der Waals surface area (Å²) >= 11 is 1.71. The van der Waals surface area contributed by atoms with Gasteiger partial charge in [0.1, 0.15) is 11.8 Å². The van der Waals surface area contributed by atoms with E-state index in [1.807, 2.05) is 22.7 Å². The Hall–Kier alpha value is -3.34. The Morgan fingerprint density at radius 3 is 2.61 bits per heavy atom. The monoisotopic (exact) mass is 518 g/mol. The van der Waals surface area contributed by atoms with E-state index < -0.39 is 10.0 Å². The van der Waals surface area contributed by atoms with Crippen molar-refractivity contribution in [2.75, 3.05) is 25.1 Å². The summed E-state index contributed by atoms with van der Waals surface area (Å²) in [6, 6.07) is 18.8. The number of sulfonamides is 1. The van der Waals surface area contributed by atoms with Crippen LogP contribution in [0.2, 0.25) is 0 Å². The molecule has 0 radical (unpaired) electrons. The molecule has 184 valence electrons. The summed E-state index contributed by atoms with van der Waals surface area (Å²) < 4.78 is 28.5. The Kier molecular flexibility index (Phi) is 5.74. The lowest BCUT2D eigenvalue weighted by Gasteiger charge is -2.29. The molecule has 5 aromatic rings. The molecule has 0 amide bonds. The predicted molar refractivity (Wildman–Crippen MR) is 144 cm³/mol. The molecule has 0 bridgehead atoms. The van der Waals surface area contributed by atoms with Crippen molar-refractivity contribution in [3.63, 3.8) is 0 Å². The second-order valence-corrected chi connectivity index (χ2v) is 12.4. The maximum absolute atomic E-state index is 12.0. The number of rotatable bonds is 5. The van der Waals surface area contributed by atoms with Gasteiger partial charge in [0.15, 0.2) is 5.82 Å². The highest BCUT2D eigenvalue weighted by atomic mass is 32.2. The van der Waals surface area contributed by atoms with E-state index >= 15 is 0 Å². The summed E-state index contributed by atoms with van der Waals surface area (Å²) in [6.07, 6.45) is 5.02. The molecule has 6 rings (SSSR count). The summed E-state index contributed by atoms with van der Waals surface area (Å²) in [5.74, 6) is 0.599. The standard InChI is InChI=1S/C26H26N6O2S2/c1-36(33,34)31-11-9-18(10-12-31)22-15-20(25-26(27)28-16-29-32(22)25)19-7-8-23-21(14-19)30-24(35-23)13-17-5-3-2-4-6-17/h2-8,14-16,18H,9-13H2,1H3,(H2,27,28,29). The quantitative estimate of drug-likeness (QED) is 0.371. The van der Waals surface area contributed by atoms with Crippen LogP contribution < -0.4 is 5.73 Å². The maximum Gasteiger partial charge on any atom is 0.211 e. The zero-order valence-electron chi connectivity index (χ0n) is 19.8. The maximum atomic E-state index is 12.0. The van der Waals surface area contributed by atoms with Crippen LogP contribution in [-0.2, 0) is 16.4 Å². The number of nitrogens with two attached hydrogens (primary N) is 1. The number of nitrogens with zero attached hydrogens (tertiary/aromatic N) is 5. The molecular formula is C26H26N6O2S2. The van der Waals surface area contributed by atoms with Crippen molar-refractivity contribution in [2.45, 2.75) is 25.2 Å². The van der Waals surface area contributed by atoms with Gasteiger partial charge in [-0.1, -0.05) is 36.4 Å². The van der Waals surface area contributed by atoms with Crippen LogP contribution in [0.5, 0.6) is 0 Å². The van der Waals surface area contributed by atoms with E-state index in [0.29, 0.717) is 18.9 Å². The first-order valence-corrected chi connectivity index (χ1v) is 14.5. The van der Waals surface area contributed by atoms with E-state index in [0.717, 1.165) is 56.8 Å². The highest BCUT2D eigenvalue weighted by Gasteiger charge is 2.29. The van der Waals surface area contributed by atoms with Crippen LogP contribution in [0.3, 0.4) is 0 Å². The Bertz CT molecular complexity index is 1670. The second-order valence-electron chi connectivity index (χ2n) is 9.28. The van der Waals surface area contributed by atoms with Crippen molar-refractivity contribution in [1.82, 2.24) is 23.9 Å². The van der Waals surface area contributed by atoms with Crippen molar-refractivity contribution in [3.05, 3.63) is 77.2 Å². The molecular weight excluding hydrogens is 492 g/mol. The van der Waals surface area contributed by atoms with Crippen molar-refractivity contribution < 1.29 is 8.42 Å². The topological polar surface area (TPSA) is 106 Å². The summed E-state index contributed by atoms with van der Waals surface area (Å²) in [5.41, 5.74) is 12.3. The van der Waals surface area contributed by atoms with Gasteiger partial charge in [0.2, 0.25) is 10.0 Å². The minimum Gasteiger partial charge on any atom is -0.382 e. The molecule has 36 heavy (non-hydrogen) atoms. The van der Waals surface area contributed by atoms with E-state index in [1.54, 1.807) is 15.6 Å². The third kappa shape index (κ3) is 4.25. The van der Waals surface area contributed by atoms with Gasteiger partial charge in [-0.2, -0.15) is 5.10 Å². The van der Waals surface area contributed by atoms with Crippen molar-refractivity contribution >= 4 is 42.9 Å². The zero-order chi connectivity index (χ0) is 24.9. The van der Waals surface area contributed by atoms with Gasteiger partial charge < -0.3 is 5.73 Å². The molecule has 1 aliphatic rings. The lowest BCUT2D eigenvalue weighted by atomic mass is 9.94. The number of nitrogen functional groups attached to an aromatic ring is 1. The Morgan fingerprint density at radius 1 is 1.08 bits per heavy atom. The summed E-state index contributed by atoms with van der Waals surface area (Å²) in [6.45, 7) is 1.00. The fraction of sp³-hybridized carbons (Fsp3) is 0.269. The minimum absolute atomic E-state index is 0.180. The van der Waals surface area contributed by atoms with Gasteiger partial charge in [0.05, 0.1) is 21.5 Å². The van der Waals surface area contributed by atoms with Gasteiger partial charge in [-0.3, -0.25) is 0 Å². The predicted octanol–water partition coefficient (Wildman–Crippen LogP) is 4.32. The molecule has 2 aromatic carbocycles. The first-order chi connectivity index (χ1) is 17.4. The normalized spacial score (nSPS) is 15.7. The number of fused-ring (bicyclic) bond motifs is 2. The highest BCUT2D eigenvalue weighted by Crippen LogP contribution is 2.38. The highest BCUT2D eigenvalue weighted by molar-refractivity contribution is 7.88. The number of hydrogen-bond donors (Lipinski definition) is 1. The lowest BCUT2D eigenvalue weighted by molar-refractivity contribution is 0.317. The van der Waals surface area contributed by atoms with Gasteiger partial charge in [-0.05, 0) is 42.2 Å². The first-order valence-electron chi connectivity index (χ1n) is 11.9. The molecule has 4 heterocycles. The number of anilines is 1. The molecule has 1 saturated heterocycles. The number of piperidine rings is 1. The van der Waals surface area contributed by atoms with E-state index in [9.17, 15) is 8.42 Å². The third-order valence-corrected chi connectivity index (χ3v) is 9.23. The van der Waals surface area contributed by atoms with Gasteiger partial charge in [-0.15, -0.1) is 11.3 Å². The van der Waals surface area contributed by atoms with Gasteiger partial charge >= 0.3 is 0 Å². The van der Waals surface area contributed by atoms with Gasteiger partial charge in [-0.25, -0.2) is 27.2 Å². The fourth-order valence-electron chi connectivity index (χ4n) is 5.08. The zero-order valence-corrected chi connectivity index (χ0v) is 21.5. The number of hydrogen-bond acceptors (Lipinski definition) is 7. The van der Waals surface area contributed by atoms with Crippen LogP contribution in [0.4, 0.5) is 5.82 Å². The lowest BCUT2D eigenvalue weighted by Crippen LogP contribution is -2.37. The summed E-state index contributed by atoms with van der Waals surface area (Å²) in [5, 5.41) is 5.60. The van der Waals surface area contributed by atoms with Crippen molar-refractivity contribution in [3.8, 4) is 11.1 Å². The molecule has 10 heteroatoms. The molecule has 0 saturated carbocycles. The van der Waals surface area contributed by atoms with Crippen LogP contribution in [0.15, 0.2) is 60.9 Å². The summed E-state index contributed by atoms with van der Waals surface area (Å²) in [4.78, 5) is 9.17. The average Bonchev–Trinajstić information content (AvgIpc) is 3.45. The molecule has 0 atom stereocenters. The van der Waals surface area contributed by atoms with Crippen LogP contribution in [0.1, 0.15) is 35.0 Å². The molecule has 1 fully saturated rings. The van der Waals surface area contributed by atoms with E-state index in [-0.39, 0.29) is 5.92 Å². The Morgan fingerprint density at radius 2 is 1.86 bits per heavy atom. The molecule has 0 spiro atoms. The SMILES string of the molecule is CS(=O)(=O)N1CCC(c2cc(-c3ccc4sc(Cc5ccccc5)nc4c3)c3c(N)ncnn23)CC1. The fourth-order valence-corrected chi connectivity index (χ4v) is 6.93. The second kappa shape index (κ2) is 8.95. The average molecular weight is 519 g/mol. The van der Waals surface area contributed by atoms with Crippen LogP contribution in [0.25, 0.3) is 26.9 Å². The first kappa shape index (κ1) is 23.1. The Balaban J connectivity index is 1.37. The van der Waals surface area contributed by atoms with E-state index in [2.05, 4.69) is 46.5 Å². The summed E-state index contributed by atoms with van der Waals surface area (Å²) in [7, 11) is -3.18. The molecule has 0 aliphatic carbocycles. The molecule has 1 aliphatic heterocycles. The smallest absolute Gasteiger partial charge is 0.211 e. The van der Waals surface area contributed by atoms with Crippen molar-refractivity contribution in [1.29, 1.82) is 0 Å². The van der Waals surface area contributed by atoms with Crippen LogP contribution in [0, 0.1) is 0 Å². The van der Waals surface area contributed by atoms with Crippen molar-refractivity contribution in [2.24, 2.45) is 0 Å². The number of benzene rings is 2. The van der Waals surface area contributed by atoms with Gasteiger partial charge in [0.25, 0.3) is 0 Å². The van der Waals surface area contributed by atoms with Gasteiger partial charge in [0, 0.05) is 36.7 Å². The third-order valence-electron chi connectivity index (χ3n) is 6.89. The minimum atomic E-state index is -3.18. The Labute approximate surface area is 213 Å². The largest absolute Gasteiger partial charge is 0.382 e. The van der Waals surface area contributed by atoms with Crippen LogP contribution in [-0.4, -0.2) is 51.7 Å².